The van der Waals surface area contributed by atoms with Crippen LogP contribution in [0.15, 0.2) is 34.7 Å². The van der Waals surface area contributed by atoms with E-state index in [1.807, 2.05) is 6.07 Å². The molecule has 0 atom stereocenters. The van der Waals surface area contributed by atoms with Crippen LogP contribution in [0.2, 0.25) is 0 Å². The molecule has 0 spiro atoms. The lowest BCUT2D eigenvalue weighted by molar-refractivity contribution is 0.100. The molecular weight excluding hydrogens is 226 g/mol. The van der Waals surface area contributed by atoms with Crippen LogP contribution in [-0.2, 0) is 14.5 Å². The minimum absolute atomic E-state index is 0.353. The van der Waals surface area contributed by atoms with E-state index in [0.717, 1.165) is 0 Å². The average Bonchev–Trinajstić information content (AvgIpc) is 2.30. The summed E-state index contributed by atoms with van der Waals surface area (Å²) in [6.45, 7) is 0.842. The Morgan fingerprint density at radius 1 is 1.19 bits per heavy atom. The number of amides is 1. The fourth-order valence-electron chi connectivity index (χ4n) is 1.46. The Bertz CT molecular complexity index is 477. The second-order valence-corrected chi connectivity index (χ2v) is 6.10. The van der Waals surface area contributed by atoms with Crippen molar-refractivity contribution in [2.75, 3.05) is 24.7 Å². The van der Waals surface area contributed by atoms with Crippen molar-refractivity contribution >= 4 is 15.6 Å². The van der Waals surface area contributed by atoms with Crippen LogP contribution in [-0.4, -0.2) is 34.8 Å². The van der Waals surface area contributed by atoms with E-state index in [1.165, 1.54) is 0 Å². The summed E-state index contributed by atoms with van der Waals surface area (Å²) in [5.74, 6) is 0.310. The SMILES string of the molecule is O=C(N=S1(=O)CCOCC1)c1ccccc1. The van der Waals surface area contributed by atoms with Gasteiger partial charge in [0.15, 0.2) is 0 Å². The summed E-state index contributed by atoms with van der Waals surface area (Å²) in [7, 11) is -2.39. The fraction of sp³-hybridized carbons (Fsp3) is 0.364. The van der Waals surface area contributed by atoms with E-state index in [1.54, 1.807) is 24.3 Å². The topological polar surface area (TPSA) is 55.7 Å². The number of hydrogen-bond donors (Lipinski definition) is 0. The highest BCUT2D eigenvalue weighted by Gasteiger charge is 2.17. The second-order valence-electron chi connectivity index (χ2n) is 3.56. The summed E-state index contributed by atoms with van der Waals surface area (Å²) in [5.41, 5.74) is 0.483. The van der Waals surface area contributed by atoms with Crippen LogP contribution in [0.4, 0.5) is 0 Å². The lowest BCUT2D eigenvalue weighted by Crippen LogP contribution is -2.26. The molecule has 86 valence electrons. The van der Waals surface area contributed by atoms with Gasteiger partial charge in [-0.15, -0.1) is 0 Å². The van der Waals surface area contributed by atoms with Crippen molar-refractivity contribution in [3.63, 3.8) is 0 Å². The molecule has 1 fully saturated rings. The van der Waals surface area contributed by atoms with Crippen molar-refractivity contribution in [2.24, 2.45) is 4.36 Å². The second kappa shape index (κ2) is 4.76. The lowest BCUT2D eigenvalue weighted by atomic mass is 10.2. The molecule has 0 radical (unpaired) electrons. The van der Waals surface area contributed by atoms with Gasteiger partial charge in [-0.2, -0.15) is 4.36 Å². The number of hydrogen-bond acceptors (Lipinski definition) is 3. The highest BCUT2D eigenvalue weighted by molar-refractivity contribution is 7.94. The van der Waals surface area contributed by atoms with Gasteiger partial charge in [-0.1, -0.05) is 18.2 Å². The maximum Gasteiger partial charge on any atom is 0.285 e. The van der Waals surface area contributed by atoms with Gasteiger partial charge in [0, 0.05) is 5.56 Å². The van der Waals surface area contributed by atoms with Gasteiger partial charge < -0.3 is 4.74 Å². The van der Waals surface area contributed by atoms with Gasteiger partial charge in [0.1, 0.15) is 0 Å². The molecule has 1 aliphatic rings. The molecule has 0 aliphatic carbocycles. The third-order valence-corrected chi connectivity index (χ3v) is 4.47. The lowest BCUT2D eigenvalue weighted by Gasteiger charge is -2.15. The minimum Gasteiger partial charge on any atom is -0.379 e. The zero-order valence-corrected chi connectivity index (χ0v) is 9.61. The monoisotopic (exact) mass is 239 g/mol. The average molecular weight is 239 g/mol. The molecule has 5 heteroatoms. The van der Waals surface area contributed by atoms with Crippen molar-refractivity contribution in [1.82, 2.24) is 0 Å². The summed E-state index contributed by atoms with van der Waals surface area (Å²) >= 11 is 0. The Labute approximate surface area is 94.8 Å². The number of benzene rings is 1. The van der Waals surface area contributed by atoms with E-state index in [0.29, 0.717) is 30.3 Å². The number of carbonyl (C=O) groups is 1. The summed E-state index contributed by atoms with van der Waals surface area (Å²) in [6.07, 6.45) is 0. The highest BCUT2D eigenvalue weighted by Crippen LogP contribution is 2.08. The molecule has 1 saturated heterocycles. The van der Waals surface area contributed by atoms with Gasteiger partial charge in [-0.25, -0.2) is 4.21 Å². The number of rotatable bonds is 1. The van der Waals surface area contributed by atoms with Crippen LogP contribution in [0, 0.1) is 0 Å². The van der Waals surface area contributed by atoms with Gasteiger partial charge >= 0.3 is 0 Å². The predicted molar refractivity (Wildman–Crippen MR) is 61.9 cm³/mol. The Balaban J connectivity index is 2.24. The zero-order valence-electron chi connectivity index (χ0n) is 8.80. The third kappa shape index (κ3) is 2.68. The maximum atomic E-state index is 12.1. The van der Waals surface area contributed by atoms with Gasteiger partial charge in [0.05, 0.1) is 34.4 Å². The molecule has 4 nitrogen and oxygen atoms in total. The summed E-state index contributed by atoms with van der Waals surface area (Å²) in [4.78, 5) is 11.7. The molecule has 2 rings (SSSR count). The van der Waals surface area contributed by atoms with E-state index in [-0.39, 0.29) is 0 Å². The molecule has 1 heterocycles. The van der Waals surface area contributed by atoms with Crippen molar-refractivity contribution < 1.29 is 13.7 Å². The molecule has 0 unspecified atom stereocenters. The van der Waals surface area contributed by atoms with Crippen molar-refractivity contribution in [3.05, 3.63) is 35.9 Å². The van der Waals surface area contributed by atoms with Crippen LogP contribution in [0.3, 0.4) is 0 Å². The van der Waals surface area contributed by atoms with Gasteiger partial charge in [-0.05, 0) is 12.1 Å². The first-order valence-corrected chi connectivity index (χ1v) is 6.95. The normalized spacial score (nSPS) is 19.0. The number of carbonyl (C=O) groups excluding carboxylic acids is 1. The van der Waals surface area contributed by atoms with Crippen LogP contribution in [0.1, 0.15) is 10.4 Å². The van der Waals surface area contributed by atoms with Gasteiger partial charge in [0.25, 0.3) is 5.91 Å². The smallest absolute Gasteiger partial charge is 0.285 e. The Kier molecular flexibility index (Phi) is 3.36. The zero-order chi connectivity index (χ0) is 11.4. The van der Waals surface area contributed by atoms with Crippen molar-refractivity contribution in [3.8, 4) is 0 Å². The number of ether oxygens (including phenoxy) is 1. The first-order valence-electron chi connectivity index (χ1n) is 5.09. The Morgan fingerprint density at radius 3 is 2.44 bits per heavy atom. The predicted octanol–water partition coefficient (Wildman–Crippen LogP) is 1.33. The summed E-state index contributed by atoms with van der Waals surface area (Å²) in [6, 6.07) is 8.70. The van der Waals surface area contributed by atoms with E-state index >= 15 is 0 Å². The van der Waals surface area contributed by atoms with Crippen LogP contribution in [0.5, 0.6) is 0 Å². The summed E-state index contributed by atoms with van der Waals surface area (Å²) < 4.78 is 21.1. The first kappa shape index (κ1) is 11.3. The number of nitrogens with zero attached hydrogens (tertiary/aromatic N) is 1. The third-order valence-electron chi connectivity index (χ3n) is 2.36. The van der Waals surface area contributed by atoms with E-state index in [2.05, 4.69) is 4.36 Å². The Hall–Kier alpha value is -1.20. The molecule has 0 N–H and O–H groups in total. The highest BCUT2D eigenvalue weighted by atomic mass is 32.2. The largest absolute Gasteiger partial charge is 0.379 e. The molecule has 0 bridgehead atoms. The maximum absolute atomic E-state index is 12.1. The van der Waals surface area contributed by atoms with E-state index < -0.39 is 15.6 Å². The van der Waals surface area contributed by atoms with Crippen molar-refractivity contribution in [2.45, 2.75) is 0 Å². The summed E-state index contributed by atoms with van der Waals surface area (Å²) in [5, 5.41) is 0. The van der Waals surface area contributed by atoms with Crippen molar-refractivity contribution in [1.29, 1.82) is 0 Å². The molecule has 1 aliphatic heterocycles. The molecule has 0 aromatic heterocycles. The molecule has 1 aromatic carbocycles. The molecular formula is C11H13NO3S. The molecule has 0 saturated carbocycles. The van der Waals surface area contributed by atoms with Crippen LogP contribution in [0.25, 0.3) is 0 Å². The standard InChI is InChI=1S/C11H13NO3S/c13-11(10-4-2-1-3-5-10)12-16(14)8-6-15-7-9-16/h1-5H,6-9H2. The fourth-order valence-corrected chi connectivity index (χ4v) is 3.01. The molecule has 1 amide bonds. The molecule has 16 heavy (non-hydrogen) atoms. The quantitative estimate of drug-likeness (QED) is 0.742. The van der Waals surface area contributed by atoms with Crippen LogP contribution < -0.4 is 0 Å². The van der Waals surface area contributed by atoms with Gasteiger partial charge in [-0.3, -0.25) is 4.79 Å². The van der Waals surface area contributed by atoms with E-state index in [4.69, 9.17) is 4.74 Å². The molecule has 1 aromatic rings. The van der Waals surface area contributed by atoms with Gasteiger partial charge in [0.2, 0.25) is 0 Å². The van der Waals surface area contributed by atoms with Crippen LogP contribution >= 0.6 is 0 Å². The van der Waals surface area contributed by atoms with E-state index in [9.17, 15) is 9.00 Å². The Morgan fingerprint density at radius 2 is 1.81 bits per heavy atom. The first-order chi connectivity index (χ1) is 7.70. The minimum atomic E-state index is -2.39.